The highest BCUT2D eigenvalue weighted by atomic mass is 32.1. The van der Waals surface area contributed by atoms with E-state index in [0.717, 1.165) is 21.4 Å². The zero-order valence-electron chi connectivity index (χ0n) is 11.3. The third-order valence-corrected chi connectivity index (χ3v) is 4.71. The molecule has 3 N–H and O–H groups in total. The molecule has 2 heterocycles. The van der Waals surface area contributed by atoms with Crippen LogP contribution in [0.25, 0.3) is 4.96 Å². The second-order valence-electron chi connectivity index (χ2n) is 5.44. The van der Waals surface area contributed by atoms with Gasteiger partial charge in [-0.05, 0) is 37.0 Å². The van der Waals surface area contributed by atoms with Gasteiger partial charge in [-0.15, -0.1) is 10.2 Å². The number of rotatable bonds is 4. The van der Waals surface area contributed by atoms with Gasteiger partial charge in [0.1, 0.15) is 10.8 Å². The molecule has 1 aliphatic rings. The minimum absolute atomic E-state index is 0.173. The Balaban J connectivity index is 1.58. The number of phenols is 1. The van der Waals surface area contributed by atoms with E-state index >= 15 is 0 Å². The van der Waals surface area contributed by atoms with Crippen LogP contribution in [0.5, 0.6) is 5.75 Å². The van der Waals surface area contributed by atoms with Crippen molar-refractivity contribution in [1.82, 2.24) is 19.8 Å². The molecule has 1 saturated carbocycles. The maximum Gasteiger partial charge on any atom is 0.234 e. The molecule has 3 aromatic rings. The minimum atomic E-state index is -0.173. The van der Waals surface area contributed by atoms with Gasteiger partial charge in [-0.25, -0.2) is 0 Å². The monoisotopic (exact) mass is 301 g/mol. The van der Waals surface area contributed by atoms with Gasteiger partial charge in [0.05, 0.1) is 6.04 Å². The van der Waals surface area contributed by atoms with Crippen molar-refractivity contribution < 1.29 is 5.11 Å². The zero-order chi connectivity index (χ0) is 14.4. The maximum atomic E-state index is 9.30. The second kappa shape index (κ2) is 4.78. The quantitative estimate of drug-likeness (QED) is 0.769. The Morgan fingerprint density at radius 3 is 2.76 bits per heavy atom. The van der Waals surface area contributed by atoms with Crippen LogP contribution in [0.3, 0.4) is 0 Å². The lowest BCUT2D eigenvalue weighted by atomic mass is 10.1. The van der Waals surface area contributed by atoms with Gasteiger partial charge in [0.25, 0.3) is 0 Å². The van der Waals surface area contributed by atoms with Crippen LogP contribution >= 0.6 is 11.3 Å². The molecule has 1 atom stereocenters. The number of benzene rings is 1. The van der Waals surface area contributed by atoms with E-state index in [0.29, 0.717) is 12.3 Å². The third kappa shape index (κ3) is 2.38. The Bertz CT molecular complexity index is 774. The largest absolute Gasteiger partial charge is 0.508 e. The lowest BCUT2D eigenvalue weighted by molar-refractivity contribution is 0.475. The number of hydrogen-bond donors (Lipinski definition) is 2. The Kier molecular flexibility index (Phi) is 2.90. The highest BCUT2D eigenvalue weighted by molar-refractivity contribution is 7.16. The van der Waals surface area contributed by atoms with Crippen LogP contribution in [-0.4, -0.2) is 24.9 Å². The van der Waals surface area contributed by atoms with E-state index in [4.69, 9.17) is 5.73 Å². The van der Waals surface area contributed by atoms with Gasteiger partial charge in [0.15, 0.2) is 5.82 Å². The fourth-order valence-electron chi connectivity index (χ4n) is 2.37. The lowest BCUT2D eigenvalue weighted by Gasteiger charge is -2.07. The summed E-state index contributed by atoms with van der Waals surface area (Å²) in [6.07, 6.45) is 3.03. The molecule has 0 spiro atoms. The van der Waals surface area contributed by atoms with Gasteiger partial charge in [0.2, 0.25) is 4.96 Å². The first-order valence-electron chi connectivity index (χ1n) is 6.96. The topological polar surface area (TPSA) is 89.3 Å². The molecule has 4 rings (SSSR count). The minimum Gasteiger partial charge on any atom is -0.508 e. The third-order valence-electron chi connectivity index (χ3n) is 3.68. The van der Waals surface area contributed by atoms with Gasteiger partial charge in [-0.2, -0.15) is 9.61 Å². The summed E-state index contributed by atoms with van der Waals surface area (Å²) in [7, 11) is 0. The highest BCUT2D eigenvalue weighted by Gasteiger charge is 2.30. The van der Waals surface area contributed by atoms with Crippen molar-refractivity contribution >= 4 is 16.3 Å². The molecule has 0 aliphatic heterocycles. The summed E-state index contributed by atoms with van der Waals surface area (Å²) in [6.45, 7) is 0. The zero-order valence-corrected chi connectivity index (χ0v) is 12.1. The number of aromatic hydroxyl groups is 1. The molecule has 1 aromatic carbocycles. The second-order valence-corrected chi connectivity index (χ2v) is 6.43. The van der Waals surface area contributed by atoms with Gasteiger partial charge in [-0.1, -0.05) is 23.5 Å². The smallest absolute Gasteiger partial charge is 0.234 e. The summed E-state index contributed by atoms with van der Waals surface area (Å²) in [6, 6.07) is 6.93. The van der Waals surface area contributed by atoms with Gasteiger partial charge < -0.3 is 10.8 Å². The fourth-order valence-corrected chi connectivity index (χ4v) is 3.21. The van der Waals surface area contributed by atoms with Crippen LogP contribution in [0.15, 0.2) is 24.3 Å². The van der Waals surface area contributed by atoms with Gasteiger partial charge >= 0.3 is 0 Å². The fraction of sp³-hybridized carbons (Fsp3) is 0.357. The van der Waals surface area contributed by atoms with E-state index in [9.17, 15) is 5.11 Å². The molecular formula is C14H15N5OS. The molecule has 2 aromatic heterocycles. The van der Waals surface area contributed by atoms with Crippen molar-refractivity contribution in [3.05, 3.63) is 40.7 Å². The summed E-state index contributed by atoms with van der Waals surface area (Å²) < 4.78 is 1.84. The molecule has 21 heavy (non-hydrogen) atoms. The van der Waals surface area contributed by atoms with Crippen molar-refractivity contribution in [2.75, 3.05) is 0 Å². The summed E-state index contributed by atoms with van der Waals surface area (Å²) in [5.41, 5.74) is 7.33. The Morgan fingerprint density at radius 2 is 2.05 bits per heavy atom. The first-order chi connectivity index (χ1) is 10.2. The first kappa shape index (κ1) is 12.7. The van der Waals surface area contributed by atoms with Crippen LogP contribution in [0.2, 0.25) is 0 Å². The van der Waals surface area contributed by atoms with E-state index in [2.05, 4.69) is 15.3 Å². The lowest BCUT2D eigenvalue weighted by Crippen LogP contribution is -2.13. The first-order valence-corrected chi connectivity index (χ1v) is 7.78. The number of aromatic nitrogens is 4. The molecule has 1 aliphatic carbocycles. The highest BCUT2D eigenvalue weighted by Crippen LogP contribution is 2.39. The molecular weight excluding hydrogens is 286 g/mol. The molecule has 6 nitrogen and oxygen atoms in total. The average molecular weight is 301 g/mol. The summed E-state index contributed by atoms with van der Waals surface area (Å²) in [4.78, 5) is 0.813. The van der Waals surface area contributed by atoms with E-state index in [1.54, 1.807) is 12.1 Å². The van der Waals surface area contributed by atoms with Crippen molar-refractivity contribution in [3.8, 4) is 5.75 Å². The number of nitrogens with zero attached hydrogens (tertiary/aromatic N) is 4. The van der Waals surface area contributed by atoms with Crippen LogP contribution in [0.1, 0.15) is 41.2 Å². The predicted octanol–water partition coefficient (Wildman–Crippen LogP) is 2.01. The standard InChI is InChI=1S/C14H15N5OS/c15-11(7-8-1-5-10(20)6-2-8)13-18-19-12(9-3-4-9)16-17-14(19)21-13/h1-2,5-6,9,11,20H,3-4,7,15H2. The van der Waals surface area contributed by atoms with Crippen LogP contribution in [0.4, 0.5) is 0 Å². The van der Waals surface area contributed by atoms with Gasteiger partial charge in [-0.3, -0.25) is 0 Å². The molecule has 0 bridgehead atoms. The van der Waals surface area contributed by atoms with Crippen LogP contribution < -0.4 is 5.73 Å². The van der Waals surface area contributed by atoms with Crippen molar-refractivity contribution in [3.63, 3.8) is 0 Å². The normalized spacial score (nSPS) is 16.4. The molecule has 0 amide bonds. The number of hydrogen-bond acceptors (Lipinski definition) is 6. The number of nitrogens with two attached hydrogens (primary N) is 1. The van der Waals surface area contributed by atoms with E-state index in [1.165, 1.54) is 24.2 Å². The van der Waals surface area contributed by atoms with E-state index in [1.807, 2.05) is 16.6 Å². The molecule has 0 radical (unpaired) electrons. The predicted molar refractivity (Wildman–Crippen MR) is 79.4 cm³/mol. The van der Waals surface area contributed by atoms with Crippen LogP contribution in [0, 0.1) is 0 Å². The maximum absolute atomic E-state index is 9.30. The Morgan fingerprint density at radius 1 is 1.29 bits per heavy atom. The molecule has 1 fully saturated rings. The molecule has 108 valence electrons. The van der Waals surface area contributed by atoms with E-state index in [-0.39, 0.29) is 11.8 Å². The Labute approximate surface area is 125 Å². The summed E-state index contributed by atoms with van der Waals surface area (Å²) >= 11 is 1.50. The van der Waals surface area contributed by atoms with Gasteiger partial charge in [0, 0.05) is 5.92 Å². The number of fused-ring (bicyclic) bond motifs is 1. The van der Waals surface area contributed by atoms with Crippen molar-refractivity contribution in [2.45, 2.75) is 31.2 Å². The summed E-state index contributed by atoms with van der Waals surface area (Å²) in [5, 5.41) is 23.1. The van der Waals surface area contributed by atoms with Crippen LogP contribution in [-0.2, 0) is 6.42 Å². The van der Waals surface area contributed by atoms with Crippen molar-refractivity contribution in [2.24, 2.45) is 5.73 Å². The molecule has 7 heteroatoms. The average Bonchev–Trinajstić information content (AvgIpc) is 3.09. The van der Waals surface area contributed by atoms with Crippen molar-refractivity contribution in [1.29, 1.82) is 0 Å². The molecule has 1 unspecified atom stereocenters. The Hall–Kier alpha value is -1.99. The van der Waals surface area contributed by atoms with E-state index < -0.39 is 0 Å². The SMILES string of the molecule is NC(Cc1ccc(O)cc1)c1nn2c(C3CC3)nnc2s1. The molecule has 0 saturated heterocycles. The number of phenolic OH excluding ortho intramolecular Hbond substituents is 1. The summed E-state index contributed by atoms with van der Waals surface area (Å²) in [5.74, 6) is 1.74.